The molecule has 0 aliphatic heterocycles. The third kappa shape index (κ3) is 4.36. The van der Waals surface area contributed by atoms with Crippen molar-refractivity contribution in [1.29, 1.82) is 0 Å². The van der Waals surface area contributed by atoms with Gasteiger partial charge in [-0.25, -0.2) is 0 Å². The van der Waals surface area contributed by atoms with Crippen LogP contribution in [0.2, 0.25) is 0 Å². The van der Waals surface area contributed by atoms with Crippen LogP contribution >= 0.6 is 11.8 Å². The average molecular weight is 447 g/mol. The Balaban J connectivity index is 1.29. The highest BCUT2D eigenvalue weighted by atomic mass is 32.2. The van der Waals surface area contributed by atoms with Crippen LogP contribution in [-0.4, -0.2) is 24.9 Å². The fraction of sp³-hybridized carbons (Fsp3) is 0.300. The van der Waals surface area contributed by atoms with E-state index in [1.54, 1.807) is 6.26 Å². The van der Waals surface area contributed by atoms with E-state index >= 15 is 0 Å². The van der Waals surface area contributed by atoms with Gasteiger partial charge >= 0.3 is 6.18 Å². The topological polar surface area (TPSA) is 82.8 Å². The monoisotopic (exact) mass is 447 g/mol. The van der Waals surface area contributed by atoms with Gasteiger partial charge in [0.1, 0.15) is 11.6 Å². The number of thioether (sulfide) groups is 1. The van der Waals surface area contributed by atoms with Gasteiger partial charge in [-0.1, -0.05) is 29.1 Å². The van der Waals surface area contributed by atoms with Crippen molar-refractivity contribution in [3.63, 3.8) is 0 Å². The number of benzene rings is 1. The third-order valence-corrected chi connectivity index (χ3v) is 5.80. The number of rotatable bonds is 7. The summed E-state index contributed by atoms with van der Waals surface area (Å²) < 4.78 is 50.9. The average Bonchev–Trinajstić information content (AvgIpc) is 3.14. The summed E-state index contributed by atoms with van der Waals surface area (Å²) >= 11 is 1.41. The van der Waals surface area contributed by atoms with Crippen LogP contribution in [0.25, 0.3) is 11.4 Å². The van der Waals surface area contributed by atoms with Gasteiger partial charge in [0.05, 0.1) is 24.1 Å². The number of furan rings is 1. The van der Waals surface area contributed by atoms with Crippen LogP contribution in [0.1, 0.15) is 41.8 Å². The maximum Gasteiger partial charge on any atom is 0.416 e. The maximum absolute atomic E-state index is 12.7. The summed E-state index contributed by atoms with van der Waals surface area (Å²) in [5.74, 6) is 3.11. The van der Waals surface area contributed by atoms with Crippen molar-refractivity contribution in [1.82, 2.24) is 24.9 Å². The molecule has 1 aliphatic carbocycles. The number of aromatic nitrogens is 5. The minimum Gasteiger partial charge on any atom is -0.467 e. The van der Waals surface area contributed by atoms with Gasteiger partial charge in [-0.05, 0) is 37.1 Å². The highest BCUT2D eigenvalue weighted by Crippen LogP contribution is 2.40. The van der Waals surface area contributed by atoms with Gasteiger partial charge in [0, 0.05) is 11.5 Å². The Bertz CT molecular complexity index is 1160. The number of halogens is 3. The summed E-state index contributed by atoms with van der Waals surface area (Å²) in [5.41, 5.74) is -0.275. The molecular formula is C20H16F3N5O2S. The molecule has 11 heteroatoms. The fourth-order valence-electron chi connectivity index (χ4n) is 3.12. The number of nitrogens with zero attached hydrogens (tertiary/aromatic N) is 5. The lowest BCUT2D eigenvalue weighted by Crippen LogP contribution is -2.05. The molecular weight excluding hydrogens is 431 g/mol. The first kappa shape index (κ1) is 19.9. The molecule has 0 saturated heterocycles. The molecule has 4 aromatic rings. The molecule has 3 heterocycles. The normalized spacial score (nSPS) is 14.3. The van der Waals surface area contributed by atoms with E-state index in [-0.39, 0.29) is 5.82 Å². The Hall–Kier alpha value is -3.08. The largest absolute Gasteiger partial charge is 0.467 e. The van der Waals surface area contributed by atoms with Crippen molar-refractivity contribution in [2.45, 2.75) is 42.4 Å². The van der Waals surface area contributed by atoms with E-state index in [1.165, 1.54) is 23.9 Å². The predicted molar refractivity (Wildman–Crippen MR) is 104 cm³/mol. The van der Waals surface area contributed by atoms with Crippen LogP contribution in [0.5, 0.6) is 0 Å². The van der Waals surface area contributed by atoms with E-state index < -0.39 is 11.7 Å². The summed E-state index contributed by atoms with van der Waals surface area (Å²) in [5, 5.41) is 13.2. The van der Waals surface area contributed by atoms with Gasteiger partial charge in [0.2, 0.25) is 11.7 Å². The van der Waals surface area contributed by atoms with Gasteiger partial charge in [0.25, 0.3) is 0 Å². The Morgan fingerprint density at radius 1 is 1.10 bits per heavy atom. The first-order valence-corrected chi connectivity index (χ1v) is 10.5. The minimum atomic E-state index is -4.39. The van der Waals surface area contributed by atoms with Crippen molar-refractivity contribution < 1.29 is 22.1 Å². The number of alkyl halides is 3. The van der Waals surface area contributed by atoms with Crippen molar-refractivity contribution in [3.05, 3.63) is 65.7 Å². The standard InChI is InChI=1S/C20H16F3N5O2S/c21-20(22,23)14-7-5-12(6-8-14)17-24-16(30-27-17)11-31-19-26-25-18(13-3-4-13)28(19)10-15-2-1-9-29-15/h1-2,5-9,13H,3-4,10-11H2. The Morgan fingerprint density at radius 2 is 1.90 bits per heavy atom. The quantitative estimate of drug-likeness (QED) is 0.362. The Labute approximate surface area is 178 Å². The van der Waals surface area contributed by atoms with Crippen LogP contribution in [-0.2, 0) is 18.5 Å². The predicted octanol–water partition coefficient (Wildman–Crippen LogP) is 5.16. The molecule has 0 unspecified atom stereocenters. The zero-order valence-corrected chi connectivity index (χ0v) is 16.9. The molecule has 7 nitrogen and oxygen atoms in total. The SMILES string of the molecule is FC(F)(F)c1ccc(-c2noc(CSc3nnc(C4CC4)n3Cc3ccco3)n2)cc1. The summed E-state index contributed by atoms with van der Waals surface area (Å²) in [7, 11) is 0. The lowest BCUT2D eigenvalue weighted by atomic mass is 10.1. The molecule has 0 atom stereocenters. The summed E-state index contributed by atoms with van der Waals surface area (Å²) in [4.78, 5) is 4.29. The molecule has 0 N–H and O–H groups in total. The fourth-order valence-corrected chi connectivity index (χ4v) is 3.90. The second-order valence-corrected chi connectivity index (χ2v) is 8.10. The molecule has 1 fully saturated rings. The zero-order valence-electron chi connectivity index (χ0n) is 16.0. The van der Waals surface area contributed by atoms with Crippen LogP contribution in [0, 0.1) is 0 Å². The lowest BCUT2D eigenvalue weighted by Gasteiger charge is -2.07. The van der Waals surface area contributed by atoms with Gasteiger partial charge in [-0.2, -0.15) is 18.2 Å². The molecule has 31 heavy (non-hydrogen) atoms. The van der Waals surface area contributed by atoms with E-state index in [2.05, 4.69) is 20.3 Å². The molecule has 3 aromatic heterocycles. The number of hydrogen-bond donors (Lipinski definition) is 0. The summed E-state index contributed by atoms with van der Waals surface area (Å²) in [6.45, 7) is 0.537. The minimum absolute atomic E-state index is 0.236. The van der Waals surface area contributed by atoms with Crippen LogP contribution in [0.15, 0.2) is 56.8 Å². The summed E-state index contributed by atoms with van der Waals surface area (Å²) in [6.07, 6.45) is -0.560. The van der Waals surface area contributed by atoms with E-state index in [0.29, 0.717) is 34.8 Å². The van der Waals surface area contributed by atoms with Crippen LogP contribution < -0.4 is 0 Å². The maximum atomic E-state index is 12.7. The van der Waals surface area contributed by atoms with Crippen LogP contribution in [0.3, 0.4) is 0 Å². The second kappa shape index (κ2) is 7.88. The molecule has 0 spiro atoms. The van der Waals surface area contributed by atoms with Crippen molar-refractivity contribution in [2.24, 2.45) is 0 Å². The van der Waals surface area contributed by atoms with Crippen LogP contribution in [0.4, 0.5) is 13.2 Å². The van der Waals surface area contributed by atoms with Crippen molar-refractivity contribution in [2.75, 3.05) is 0 Å². The Kier molecular flexibility index (Phi) is 5.05. The number of hydrogen-bond acceptors (Lipinski definition) is 7. The lowest BCUT2D eigenvalue weighted by molar-refractivity contribution is -0.137. The highest BCUT2D eigenvalue weighted by molar-refractivity contribution is 7.98. The molecule has 0 bridgehead atoms. The molecule has 0 amide bonds. The zero-order chi connectivity index (χ0) is 21.4. The van der Waals surface area contributed by atoms with Crippen molar-refractivity contribution >= 4 is 11.8 Å². The van der Waals surface area contributed by atoms with Crippen molar-refractivity contribution in [3.8, 4) is 11.4 Å². The smallest absolute Gasteiger partial charge is 0.416 e. The molecule has 1 aromatic carbocycles. The molecule has 1 saturated carbocycles. The molecule has 5 rings (SSSR count). The Morgan fingerprint density at radius 3 is 2.58 bits per heavy atom. The molecule has 1 aliphatic rings. The van der Waals surface area contributed by atoms with Gasteiger partial charge in [-0.3, -0.25) is 4.57 Å². The molecule has 160 valence electrons. The third-order valence-electron chi connectivity index (χ3n) is 4.85. The van der Waals surface area contributed by atoms with E-state index in [9.17, 15) is 13.2 Å². The molecule has 0 radical (unpaired) electrons. The summed E-state index contributed by atoms with van der Waals surface area (Å²) in [6, 6.07) is 8.39. The highest BCUT2D eigenvalue weighted by Gasteiger charge is 2.31. The second-order valence-electron chi connectivity index (χ2n) is 7.16. The van der Waals surface area contributed by atoms with Gasteiger partial charge < -0.3 is 8.94 Å². The van der Waals surface area contributed by atoms with Gasteiger partial charge in [-0.15, -0.1) is 10.2 Å². The van der Waals surface area contributed by atoms with E-state index in [0.717, 1.165) is 36.6 Å². The van der Waals surface area contributed by atoms with E-state index in [1.807, 2.05) is 16.7 Å². The van der Waals surface area contributed by atoms with E-state index in [4.69, 9.17) is 8.94 Å². The first-order valence-electron chi connectivity index (χ1n) is 9.56. The van der Waals surface area contributed by atoms with Gasteiger partial charge in [0.15, 0.2) is 5.16 Å². The first-order chi connectivity index (χ1) is 15.0.